The van der Waals surface area contributed by atoms with Crippen LogP contribution in [0.3, 0.4) is 0 Å². The van der Waals surface area contributed by atoms with Crippen molar-refractivity contribution in [1.29, 1.82) is 0 Å². The van der Waals surface area contributed by atoms with E-state index in [1.165, 1.54) is 6.92 Å². The van der Waals surface area contributed by atoms with Crippen LogP contribution in [0.2, 0.25) is 0 Å². The molecule has 4 nitrogen and oxygen atoms in total. The van der Waals surface area contributed by atoms with Gasteiger partial charge in [0, 0.05) is 34.4 Å². The van der Waals surface area contributed by atoms with Crippen LogP contribution in [0.1, 0.15) is 42.1 Å². The van der Waals surface area contributed by atoms with Gasteiger partial charge in [0.25, 0.3) is 15.0 Å². The lowest BCUT2D eigenvalue weighted by atomic mass is 10.1. The highest BCUT2D eigenvalue weighted by molar-refractivity contribution is 8.13. The molecule has 0 spiro atoms. The van der Waals surface area contributed by atoms with Crippen LogP contribution >= 0.6 is 10.7 Å². The summed E-state index contributed by atoms with van der Waals surface area (Å²) in [5.41, 5.74) is -0.0484. The van der Waals surface area contributed by atoms with Gasteiger partial charge in [0.15, 0.2) is 0 Å². The number of nitrogens with zero attached hydrogens (tertiary/aromatic N) is 1. The van der Waals surface area contributed by atoms with Crippen molar-refractivity contribution >= 4 is 25.6 Å². The summed E-state index contributed by atoms with van der Waals surface area (Å²) in [7, 11) is 1.22. The molecule has 2 rings (SSSR count). The number of hydrogen-bond acceptors (Lipinski definition) is 3. The third kappa shape index (κ3) is 3.21. The molecule has 1 aliphatic heterocycles. The Hall–Kier alpha value is -1.14. The van der Waals surface area contributed by atoms with Crippen LogP contribution in [0.5, 0.6) is 0 Å². The highest BCUT2D eigenvalue weighted by atomic mass is 35.7. The summed E-state index contributed by atoms with van der Waals surface area (Å²) in [5.74, 6) is -1.09. The van der Waals surface area contributed by atoms with Gasteiger partial charge in [-0.2, -0.15) is 0 Å². The number of amides is 1. The SMILES string of the molecule is CCC1CCCN1C(=O)c1cc(F)c(C)c(S(=O)(=O)Cl)c1. The van der Waals surface area contributed by atoms with E-state index in [-0.39, 0.29) is 28.0 Å². The Morgan fingerprint density at radius 2 is 2.14 bits per heavy atom. The molecule has 0 aliphatic carbocycles. The molecule has 0 bridgehead atoms. The van der Waals surface area contributed by atoms with E-state index >= 15 is 0 Å². The summed E-state index contributed by atoms with van der Waals surface area (Å²) in [6.07, 6.45) is 2.64. The van der Waals surface area contributed by atoms with Crippen LogP contribution in [0, 0.1) is 12.7 Å². The molecule has 0 saturated carbocycles. The number of halogens is 2. The Kier molecular flexibility index (Phi) is 4.58. The van der Waals surface area contributed by atoms with Crippen LogP contribution in [-0.4, -0.2) is 31.8 Å². The minimum absolute atomic E-state index is 0.0256. The molecule has 1 amide bonds. The van der Waals surface area contributed by atoms with Gasteiger partial charge in [0.2, 0.25) is 0 Å². The first-order valence-electron chi connectivity index (χ1n) is 6.81. The van der Waals surface area contributed by atoms with Crippen LogP contribution < -0.4 is 0 Å². The van der Waals surface area contributed by atoms with Gasteiger partial charge < -0.3 is 4.90 Å². The summed E-state index contributed by atoms with van der Waals surface area (Å²) in [5, 5.41) is 0. The van der Waals surface area contributed by atoms with Gasteiger partial charge >= 0.3 is 0 Å². The van der Waals surface area contributed by atoms with E-state index in [0.717, 1.165) is 31.4 Å². The Balaban J connectivity index is 2.45. The maximum Gasteiger partial charge on any atom is 0.261 e. The minimum atomic E-state index is -4.09. The molecule has 1 unspecified atom stereocenters. The van der Waals surface area contributed by atoms with E-state index in [1.54, 1.807) is 4.90 Å². The molecule has 7 heteroatoms. The average Bonchev–Trinajstić information content (AvgIpc) is 2.87. The number of rotatable bonds is 3. The second-order valence-corrected chi connectivity index (χ2v) is 7.76. The molecule has 1 atom stereocenters. The van der Waals surface area contributed by atoms with Crippen LogP contribution in [0.25, 0.3) is 0 Å². The van der Waals surface area contributed by atoms with Crippen LogP contribution in [-0.2, 0) is 9.05 Å². The van der Waals surface area contributed by atoms with Crippen molar-refractivity contribution in [2.45, 2.75) is 44.0 Å². The number of carbonyl (C=O) groups excluding carboxylic acids is 1. The Labute approximate surface area is 128 Å². The van der Waals surface area contributed by atoms with Gasteiger partial charge in [-0.15, -0.1) is 0 Å². The van der Waals surface area contributed by atoms with E-state index in [4.69, 9.17) is 10.7 Å². The lowest BCUT2D eigenvalue weighted by molar-refractivity contribution is 0.0733. The van der Waals surface area contributed by atoms with Gasteiger partial charge in [-0.25, -0.2) is 12.8 Å². The molecular formula is C14H17ClFNO3S. The van der Waals surface area contributed by atoms with Crippen molar-refractivity contribution in [3.63, 3.8) is 0 Å². The van der Waals surface area contributed by atoms with Gasteiger partial charge in [0.05, 0.1) is 4.90 Å². The predicted octanol–water partition coefficient (Wildman–Crippen LogP) is 3.08. The summed E-state index contributed by atoms with van der Waals surface area (Å²) >= 11 is 0. The first-order chi connectivity index (χ1) is 9.75. The first-order valence-corrected chi connectivity index (χ1v) is 9.12. The number of benzene rings is 1. The van der Waals surface area contributed by atoms with E-state index < -0.39 is 14.9 Å². The van der Waals surface area contributed by atoms with Crippen molar-refractivity contribution < 1.29 is 17.6 Å². The Bertz CT molecular complexity index is 675. The maximum absolute atomic E-state index is 13.9. The number of carbonyl (C=O) groups is 1. The molecule has 0 N–H and O–H groups in total. The fraction of sp³-hybridized carbons (Fsp3) is 0.500. The van der Waals surface area contributed by atoms with E-state index in [2.05, 4.69) is 0 Å². The highest BCUT2D eigenvalue weighted by Gasteiger charge is 2.29. The maximum atomic E-state index is 13.9. The zero-order valence-electron chi connectivity index (χ0n) is 11.9. The van der Waals surface area contributed by atoms with Crippen molar-refractivity contribution in [3.8, 4) is 0 Å². The van der Waals surface area contributed by atoms with E-state index in [9.17, 15) is 17.6 Å². The molecule has 116 valence electrons. The first kappa shape index (κ1) is 16.2. The lowest BCUT2D eigenvalue weighted by Gasteiger charge is -2.24. The summed E-state index contributed by atoms with van der Waals surface area (Å²) in [6, 6.07) is 2.36. The van der Waals surface area contributed by atoms with Crippen molar-refractivity contribution in [2.75, 3.05) is 6.54 Å². The third-order valence-electron chi connectivity index (χ3n) is 3.92. The monoisotopic (exact) mass is 333 g/mol. The summed E-state index contributed by atoms with van der Waals surface area (Å²) in [4.78, 5) is 13.8. The lowest BCUT2D eigenvalue weighted by Crippen LogP contribution is -2.35. The van der Waals surface area contributed by atoms with Crippen molar-refractivity contribution in [3.05, 3.63) is 29.1 Å². The Morgan fingerprint density at radius 1 is 1.48 bits per heavy atom. The topological polar surface area (TPSA) is 54.5 Å². The van der Waals surface area contributed by atoms with Crippen molar-refractivity contribution in [2.24, 2.45) is 0 Å². The standard InChI is InChI=1S/C14H17ClFNO3S/c1-3-11-5-4-6-17(11)14(18)10-7-12(16)9(2)13(8-10)21(15,19)20/h7-8,11H,3-6H2,1-2H3. The molecule has 1 saturated heterocycles. The summed E-state index contributed by atoms with van der Waals surface area (Å²) < 4.78 is 36.9. The predicted molar refractivity (Wildman–Crippen MR) is 78.5 cm³/mol. The molecule has 1 aliphatic rings. The smallest absolute Gasteiger partial charge is 0.261 e. The molecule has 1 heterocycles. The van der Waals surface area contributed by atoms with Gasteiger partial charge in [0.1, 0.15) is 5.82 Å². The normalized spacial score (nSPS) is 19.0. The summed E-state index contributed by atoms with van der Waals surface area (Å²) in [6.45, 7) is 3.92. The fourth-order valence-electron chi connectivity index (χ4n) is 2.72. The van der Waals surface area contributed by atoms with Gasteiger partial charge in [-0.1, -0.05) is 6.92 Å². The average molecular weight is 334 g/mol. The van der Waals surface area contributed by atoms with Crippen molar-refractivity contribution in [1.82, 2.24) is 4.90 Å². The quantitative estimate of drug-likeness (QED) is 0.799. The van der Waals surface area contributed by atoms with Gasteiger partial charge in [-0.05, 0) is 38.3 Å². The van der Waals surface area contributed by atoms with Gasteiger partial charge in [-0.3, -0.25) is 4.79 Å². The highest BCUT2D eigenvalue weighted by Crippen LogP contribution is 2.27. The zero-order valence-corrected chi connectivity index (χ0v) is 13.5. The second-order valence-electron chi connectivity index (χ2n) is 5.22. The fourth-order valence-corrected chi connectivity index (χ4v) is 3.94. The molecule has 0 aromatic heterocycles. The molecular weight excluding hydrogens is 317 g/mol. The molecule has 1 fully saturated rings. The molecule has 1 aromatic carbocycles. The third-order valence-corrected chi connectivity index (χ3v) is 5.36. The number of hydrogen-bond donors (Lipinski definition) is 0. The van der Waals surface area contributed by atoms with E-state index in [0.29, 0.717) is 6.54 Å². The van der Waals surface area contributed by atoms with E-state index in [1.807, 2.05) is 6.92 Å². The van der Waals surface area contributed by atoms with Crippen LogP contribution in [0.15, 0.2) is 17.0 Å². The van der Waals surface area contributed by atoms with Crippen LogP contribution in [0.4, 0.5) is 4.39 Å². The molecule has 1 aromatic rings. The largest absolute Gasteiger partial charge is 0.336 e. The Morgan fingerprint density at radius 3 is 2.71 bits per heavy atom. The number of likely N-dealkylation sites (tertiary alicyclic amines) is 1. The minimum Gasteiger partial charge on any atom is -0.336 e. The molecule has 0 radical (unpaired) electrons. The zero-order chi connectivity index (χ0) is 15.8. The molecule has 21 heavy (non-hydrogen) atoms. The second kappa shape index (κ2) is 5.93.